The highest BCUT2D eigenvalue weighted by Gasteiger charge is 2.30. The lowest BCUT2D eigenvalue weighted by Gasteiger charge is -2.21. The summed E-state index contributed by atoms with van der Waals surface area (Å²) in [5, 5.41) is 10.5. The van der Waals surface area contributed by atoms with Gasteiger partial charge in [-0.1, -0.05) is 234 Å². The second-order valence-corrected chi connectivity index (χ2v) is 24.2. The van der Waals surface area contributed by atoms with Crippen LogP contribution in [0.1, 0.15) is 285 Å². The van der Waals surface area contributed by atoms with Crippen molar-refractivity contribution < 1.29 is 80.2 Å². The number of carbonyl (C=O) groups is 4. The van der Waals surface area contributed by atoms with E-state index in [0.29, 0.717) is 25.7 Å². The van der Waals surface area contributed by atoms with Gasteiger partial charge in [-0.05, 0) is 31.6 Å². The molecule has 456 valence electrons. The van der Waals surface area contributed by atoms with Crippen molar-refractivity contribution in [3.63, 3.8) is 0 Å². The molecule has 0 aliphatic heterocycles. The van der Waals surface area contributed by atoms with E-state index in [-0.39, 0.29) is 25.7 Å². The summed E-state index contributed by atoms with van der Waals surface area (Å²) in [4.78, 5) is 71.7. The van der Waals surface area contributed by atoms with E-state index in [1.54, 1.807) is 0 Å². The predicted octanol–water partition coefficient (Wildman–Crippen LogP) is 15.5. The third-order valence-corrected chi connectivity index (χ3v) is 15.5. The molecule has 0 aromatic heterocycles. The first kappa shape index (κ1) is 75.1. The van der Waals surface area contributed by atoms with Gasteiger partial charge in [0.25, 0.3) is 0 Å². The van der Waals surface area contributed by atoms with Crippen LogP contribution >= 0.6 is 15.6 Å². The number of phosphoric ester groups is 2. The van der Waals surface area contributed by atoms with Crippen molar-refractivity contribution in [1.82, 2.24) is 0 Å². The molecule has 3 unspecified atom stereocenters. The zero-order valence-corrected chi connectivity index (χ0v) is 50.9. The normalized spacial score (nSPS) is 14.8. The summed E-state index contributed by atoms with van der Waals surface area (Å²) >= 11 is 0. The summed E-state index contributed by atoms with van der Waals surface area (Å²) in [5.41, 5.74) is 0. The number of esters is 4. The number of carbonyl (C=O) groups excluding carboxylic acids is 4. The molecule has 3 N–H and O–H groups in total. The zero-order valence-electron chi connectivity index (χ0n) is 49.1. The number of aliphatic hydroxyl groups is 1. The summed E-state index contributed by atoms with van der Waals surface area (Å²) < 4.78 is 67.6. The van der Waals surface area contributed by atoms with Crippen molar-refractivity contribution in [2.45, 2.75) is 303 Å². The molecule has 19 heteroatoms. The molecule has 0 spiro atoms. The number of hydrogen-bond donors (Lipinski definition) is 3. The van der Waals surface area contributed by atoms with Crippen LogP contribution in [0, 0.1) is 5.92 Å². The number of unbranched alkanes of at least 4 members (excludes halogenated alkanes) is 29. The molecule has 0 bridgehead atoms. The molecule has 0 aliphatic carbocycles. The Morgan fingerprint density at radius 3 is 0.922 bits per heavy atom. The van der Waals surface area contributed by atoms with Crippen LogP contribution in [0.2, 0.25) is 0 Å². The number of phosphoric acid groups is 2. The van der Waals surface area contributed by atoms with E-state index in [0.717, 1.165) is 109 Å². The minimum atomic E-state index is -4.94. The van der Waals surface area contributed by atoms with E-state index in [2.05, 4.69) is 34.6 Å². The van der Waals surface area contributed by atoms with Gasteiger partial charge in [0.05, 0.1) is 26.4 Å². The molecule has 0 amide bonds. The number of hydrogen-bond acceptors (Lipinski definition) is 15. The molecule has 0 fully saturated rings. The van der Waals surface area contributed by atoms with Crippen LogP contribution in [0.4, 0.5) is 0 Å². The molecule has 0 heterocycles. The third kappa shape index (κ3) is 51.9. The number of ether oxygens (including phenoxy) is 4. The van der Waals surface area contributed by atoms with Crippen LogP contribution in [-0.2, 0) is 65.4 Å². The molecule has 0 aromatic carbocycles. The van der Waals surface area contributed by atoms with Crippen molar-refractivity contribution in [2.24, 2.45) is 5.92 Å². The second-order valence-electron chi connectivity index (χ2n) is 21.3. The van der Waals surface area contributed by atoms with Gasteiger partial charge in [0.2, 0.25) is 0 Å². The van der Waals surface area contributed by atoms with Crippen molar-refractivity contribution in [3.05, 3.63) is 0 Å². The first-order valence-corrected chi connectivity index (χ1v) is 33.7. The molecular formula is C58H112O17P2. The molecule has 0 saturated carbocycles. The molecular weight excluding hydrogens is 1030 g/mol. The smallest absolute Gasteiger partial charge is 0.462 e. The lowest BCUT2D eigenvalue weighted by molar-refractivity contribution is -0.161. The summed E-state index contributed by atoms with van der Waals surface area (Å²) in [5.74, 6) is -1.38. The first-order valence-electron chi connectivity index (χ1n) is 30.7. The Balaban J connectivity index is 5.21. The Morgan fingerprint density at radius 2 is 0.623 bits per heavy atom. The lowest BCUT2D eigenvalue weighted by atomic mass is 9.99. The van der Waals surface area contributed by atoms with Gasteiger partial charge in [-0.15, -0.1) is 0 Å². The van der Waals surface area contributed by atoms with Crippen LogP contribution in [0.5, 0.6) is 0 Å². The molecule has 0 aliphatic rings. The molecule has 6 atom stereocenters. The topological polar surface area (TPSA) is 237 Å². The Kier molecular flexibility index (Phi) is 50.8. The van der Waals surface area contributed by atoms with Gasteiger partial charge in [-0.3, -0.25) is 37.3 Å². The Morgan fingerprint density at radius 1 is 0.364 bits per heavy atom. The highest BCUT2D eigenvalue weighted by Crippen LogP contribution is 2.45. The van der Waals surface area contributed by atoms with E-state index in [4.69, 9.17) is 37.0 Å². The van der Waals surface area contributed by atoms with Crippen LogP contribution in [0.3, 0.4) is 0 Å². The Hall–Kier alpha value is -1.94. The molecule has 77 heavy (non-hydrogen) atoms. The van der Waals surface area contributed by atoms with Gasteiger partial charge in [0.15, 0.2) is 12.2 Å². The maximum atomic E-state index is 12.9. The molecule has 0 aromatic rings. The van der Waals surface area contributed by atoms with E-state index in [1.807, 2.05) is 0 Å². The number of aliphatic hydroxyl groups excluding tert-OH is 1. The molecule has 0 saturated heterocycles. The second kappa shape index (κ2) is 52.2. The maximum absolute atomic E-state index is 12.9. The highest BCUT2D eigenvalue weighted by atomic mass is 31.2. The van der Waals surface area contributed by atoms with Crippen LogP contribution in [0.15, 0.2) is 0 Å². The van der Waals surface area contributed by atoms with Gasteiger partial charge in [0.1, 0.15) is 19.3 Å². The fraction of sp³-hybridized carbons (Fsp3) is 0.931. The highest BCUT2D eigenvalue weighted by molar-refractivity contribution is 7.47. The van der Waals surface area contributed by atoms with Crippen molar-refractivity contribution in [1.29, 1.82) is 0 Å². The first-order chi connectivity index (χ1) is 37.1. The largest absolute Gasteiger partial charge is 0.472 e. The standard InChI is InChI=1S/C58H112O17P2/c1-6-10-13-16-19-22-28-32-37-42-56(61)69-48-54(75-58(63)44-39-34-29-24-23-25-30-35-40-51(5)9-4)50-73-77(66,67)71-46-52(59)45-70-76(64,65)72-49-53(74-57(62)43-38-33-27-21-18-15-12-8-3)47-68-55(60)41-36-31-26-20-17-14-11-7-2/h51-54,59H,6-50H2,1-5H3,(H,64,65)(H,66,67)/t51?,52-,53+,54+/m0/s1. The van der Waals surface area contributed by atoms with E-state index in [9.17, 15) is 43.2 Å². The third-order valence-electron chi connectivity index (χ3n) is 13.6. The van der Waals surface area contributed by atoms with Gasteiger partial charge in [-0.2, -0.15) is 0 Å². The zero-order chi connectivity index (χ0) is 57.1. The van der Waals surface area contributed by atoms with E-state index >= 15 is 0 Å². The van der Waals surface area contributed by atoms with Crippen LogP contribution in [0.25, 0.3) is 0 Å². The monoisotopic (exact) mass is 1140 g/mol. The molecule has 0 rings (SSSR count). The van der Waals surface area contributed by atoms with Crippen LogP contribution in [-0.4, -0.2) is 96.7 Å². The van der Waals surface area contributed by atoms with Gasteiger partial charge in [-0.25, -0.2) is 9.13 Å². The van der Waals surface area contributed by atoms with Gasteiger partial charge >= 0.3 is 39.5 Å². The van der Waals surface area contributed by atoms with Crippen molar-refractivity contribution >= 4 is 39.5 Å². The maximum Gasteiger partial charge on any atom is 0.472 e. The van der Waals surface area contributed by atoms with E-state index < -0.39 is 97.5 Å². The minimum Gasteiger partial charge on any atom is -0.462 e. The quantitative estimate of drug-likeness (QED) is 0.0222. The SMILES string of the molecule is CCCCCCCCCCCC(=O)OC[C@H](COP(=O)(O)OC[C@@H](O)COP(=O)(O)OC[C@@H](COC(=O)CCCCCCCCCC)OC(=O)CCCCCCCCCC)OC(=O)CCCCCCCCCCC(C)CC. The summed E-state index contributed by atoms with van der Waals surface area (Å²) in [6.07, 6.45) is 33.5. The summed E-state index contributed by atoms with van der Waals surface area (Å²) in [7, 11) is -9.87. The number of rotatable bonds is 58. The molecule has 17 nitrogen and oxygen atoms in total. The summed E-state index contributed by atoms with van der Waals surface area (Å²) in [6, 6.07) is 0. The lowest BCUT2D eigenvalue weighted by Crippen LogP contribution is -2.30. The Bertz CT molecular complexity index is 1520. The van der Waals surface area contributed by atoms with E-state index in [1.165, 1.54) is 96.3 Å². The van der Waals surface area contributed by atoms with Crippen molar-refractivity contribution in [2.75, 3.05) is 39.6 Å². The molecule has 0 radical (unpaired) electrons. The predicted molar refractivity (Wildman–Crippen MR) is 303 cm³/mol. The average Bonchev–Trinajstić information content (AvgIpc) is 3.40. The fourth-order valence-corrected chi connectivity index (χ4v) is 10.1. The summed E-state index contributed by atoms with van der Waals surface area (Å²) in [6.45, 7) is 7.07. The Labute approximate surface area is 467 Å². The van der Waals surface area contributed by atoms with Crippen molar-refractivity contribution in [3.8, 4) is 0 Å². The fourth-order valence-electron chi connectivity index (χ4n) is 8.49. The average molecular weight is 1140 g/mol. The van der Waals surface area contributed by atoms with Crippen LogP contribution < -0.4 is 0 Å². The van der Waals surface area contributed by atoms with Gasteiger partial charge in [0, 0.05) is 25.7 Å². The van der Waals surface area contributed by atoms with Gasteiger partial charge < -0.3 is 33.8 Å². The minimum absolute atomic E-state index is 0.105.